The second-order valence-corrected chi connectivity index (χ2v) is 3.48. The molecule has 0 atom stereocenters. The van der Waals surface area contributed by atoms with E-state index in [1.165, 1.54) is 6.20 Å². The average Bonchev–Trinajstić information content (AvgIpc) is 2.41. The van der Waals surface area contributed by atoms with E-state index >= 15 is 0 Å². The summed E-state index contributed by atoms with van der Waals surface area (Å²) in [6.07, 6.45) is 1.54. The summed E-state index contributed by atoms with van der Waals surface area (Å²) in [6, 6.07) is 12.6. The highest BCUT2D eigenvalue weighted by Crippen LogP contribution is 2.30. The van der Waals surface area contributed by atoms with Crippen LogP contribution in [0.25, 0.3) is 0 Å². The van der Waals surface area contributed by atoms with E-state index < -0.39 is 0 Å². The Hall–Kier alpha value is -2.54. The molecule has 0 bridgehead atoms. The van der Waals surface area contributed by atoms with Gasteiger partial charge in [0.25, 0.3) is 0 Å². The zero-order valence-electron chi connectivity index (χ0n) is 9.96. The number of pyridine rings is 1. The Balaban J connectivity index is 2.25. The number of hydrogen-bond acceptors (Lipinski definition) is 4. The molecule has 0 saturated heterocycles. The van der Waals surface area contributed by atoms with E-state index in [-0.39, 0.29) is 0 Å². The lowest BCUT2D eigenvalue weighted by Gasteiger charge is -2.10. The standard InChI is InChI=1S/C14H12N2O2/c1-2-17-12-5-3-4-6-13(12)18-14-9-11(10-15)7-8-16-14/h3-9H,2H2,1H3. The second kappa shape index (κ2) is 5.69. The monoisotopic (exact) mass is 240 g/mol. The summed E-state index contributed by atoms with van der Waals surface area (Å²) < 4.78 is 11.1. The highest BCUT2D eigenvalue weighted by Gasteiger charge is 2.06. The molecule has 2 rings (SSSR count). The van der Waals surface area contributed by atoms with Crippen molar-refractivity contribution in [2.24, 2.45) is 0 Å². The first-order valence-corrected chi connectivity index (χ1v) is 5.59. The summed E-state index contributed by atoms with van der Waals surface area (Å²) in [5.41, 5.74) is 0.508. The van der Waals surface area contributed by atoms with Crippen molar-refractivity contribution in [2.75, 3.05) is 6.61 Å². The number of nitrogens with zero attached hydrogens (tertiary/aromatic N) is 2. The highest BCUT2D eigenvalue weighted by atomic mass is 16.5. The molecule has 1 aromatic carbocycles. The largest absolute Gasteiger partial charge is 0.490 e. The van der Waals surface area contributed by atoms with Crippen LogP contribution in [0.4, 0.5) is 0 Å². The maximum absolute atomic E-state index is 8.81. The first-order valence-electron chi connectivity index (χ1n) is 5.59. The summed E-state index contributed by atoms with van der Waals surface area (Å²) in [5, 5.41) is 8.81. The van der Waals surface area contributed by atoms with Gasteiger partial charge in [-0.15, -0.1) is 0 Å². The smallest absolute Gasteiger partial charge is 0.220 e. The predicted octanol–water partition coefficient (Wildman–Crippen LogP) is 3.14. The Morgan fingerprint density at radius 3 is 2.72 bits per heavy atom. The lowest BCUT2D eigenvalue weighted by atomic mass is 10.3. The van der Waals surface area contributed by atoms with Crippen molar-refractivity contribution < 1.29 is 9.47 Å². The van der Waals surface area contributed by atoms with E-state index in [4.69, 9.17) is 14.7 Å². The fourth-order valence-corrected chi connectivity index (χ4v) is 1.46. The van der Waals surface area contributed by atoms with Crippen LogP contribution in [0.1, 0.15) is 12.5 Å². The average molecular weight is 240 g/mol. The van der Waals surface area contributed by atoms with Crippen molar-refractivity contribution in [1.29, 1.82) is 5.26 Å². The Morgan fingerprint density at radius 1 is 1.22 bits per heavy atom. The van der Waals surface area contributed by atoms with E-state index in [2.05, 4.69) is 4.98 Å². The lowest BCUT2D eigenvalue weighted by molar-refractivity contribution is 0.319. The third-order valence-corrected chi connectivity index (χ3v) is 2.23. The molecule has 0 aliphatic rings. The van der Waals surface area contributed by atoms with Gasteiger partial charge >= 0.3 is 0 Å². The summed E-state index contributed by atoms with van der Waals surface area (Å²) in [6.45, 7) is 2.47. The third-order valence-electron chi connectivity index (χ3n) is 2.23. The maximum atomic E-state index is 8.81. The van der Waals surface area contributed by atoms with Gasteiger partial charge in [0.05, 0.1) is 18.2 Å². The fraction of sp³-hybridized carbons (Fsp3) is 0.143. The topological polar surface area (TPSA) is 55.1 Å². The molecule has 0 amide bonds. The van der Waals surface area contributed by atoms with Gasteiger partial charge < -0.3 is 9.47 Å². The molecule has 4 nitrogen and oxygen atoms in total. The molecule has 0 radical (unpaired) electrons. The van der Waals surface area contributed by atoms with Gasteiger partial charge in [-0.2, -0.15) is 5.26 Å². The summed E-state index contributed by atoms with van der Waals surface area (Å²) in [4.78, 5) is 4.05. The minimum atomic E-state index is 0.376. The van der Waals surface area contributed by atoms with Crippen LogP contribution in [0.5, 0.6) is 17.4 Å². The van der Waals surface area contributed by atoms with Crippen LogP contribution in [0.3, 0.4) is 0 Å². The number of benzene rings is 1. The Kier molecular flexibility index (Phi) is 3.77. The van der Waals surface area contributed by atoms with Gasteiger partial charge in [-0.05, 0) is 25.1 Å². The van der Waals surface area contributed by atoms with Crippen molar-refractivity contribution >= 4 is 0 Å². The molecule has 4 heteroatoms. The van der Waals surface area contributed by atoms with Gasteiger partial charge in [-0.25, -0.2) is 4.98 Å². The van der Waals surface area contributed by atoms with Crippen molar-refractivity contribution in [2.45, 2.75) is 6.92 Å². The molecule has 2 aromatic rings. The number of para-hydroxylation sites is 2. The van der Waals surface area contributed by atoms with Gasteiger partial charge in [-0.3, -0.25) is 0 Å². The lowest BCUT2D eigenvalue weighted by Crippen LogP contribution is -1.95. The van der Waals surface area contributed by atoms with Crippen molar-refractivity contribution in [1.82, 2.24) is 4.98 Å². The van der Waals surface area contributed by atoms with Gasteiger partial charge in [-0.1, -0.05) is 12.1 Å². The van der Waals surface area contributed by atoms with Crippen LogP contribution < -0.4 is 9.47 Å². The molecule has 1 aromatic heterocycles. The highest BCUT2D eigenvalue weighted by molar-refractivity contribution is 5.42. The zero-order valence-corrected chi connectivity index (χ0v) is 9.96. The van der Waals surface area contributed by atoms with E-state index in [9.17, 15) is 0 Å². The summed E-state index contributed by atoms with van der Waals surface area (Å²) in [5.74, 6) is 1.62. The van der Waals surface area contributed by atoms with Crippen LogP contribution >= 0.6 is 0 Å². The molecule has 0 aliphatic heterocycles. The molecule has 0 aliphatic carbocycles. The predicted molar refractivity (Wildman–Crippen MR) is 66.6 cm³/mol. The van der Waals surface area contributed by atoms with Crippen LogP contribution in [0.2, 0.25) is 0 Å². The summed E-state index contributed by atoms with van der Waals surface area (Å²) in [7, 11) is 0. The van der Waals surface area contributed by atoms with Gasteiger partial charge in [0, 0.05) is 12.3 Å². The molecule has 0 saturated carbocycles. The zero-order chi connectivity index (χ0) is 12.8. The fourth-order valence-electron chi connectivity index (χ4n) is 1.46. The Bertz CT molecular complexity index is 576. The Morgan fingerprint density at radius 2 is 2.00 bits per heavy atom. The van der Waals surface area contributed by atoms with E-state index in [1.807, 2.05) is 31.2 Å². The van der Waals surface area contributed by atoms with E-state index in [1.54, 1.807) is 18.2 Å². The second-order valence-electron chi connectivity index (χ2n) is 3.48. The number of ether oxygens (including phenoxy) is 2. The van der Waals surface area contributed by atoms with Gasteiger partial charge in [0.2, 0.25) is 5.88 Å². The quantitative estimate of drug-likeness (QED) is 0.823. The number of hydrogen-bond donors (Lipinski definition) is 0. The molecular formula is C14H12N2O2. The summed E-state index contributed by atoms with van der Waals surface area (Å²) >= 11 is 0. The van der Waals surface area contributed by atoms with Crippen LogP contribution in [-0.4, -0.2) is 11.6 Å². The molecule has 0 N–H and O–H groups in total. The van der Waals surface area contributed by atoms with Crippen LogP contribution in [0.15, 0.2) is 42.6 Å². The van der Waals surface area contributed by atoms with Crippen molar-refractivity contribution in [3.05, 3.63) is 48.2 Å². The first-order chi connectivity index (χ1) is 8.83. The van der Waals surface area contributed by atoms with E-state index in [0.29, 0.717) is 29.5 Å². The number of nitriles is 1. The molecule has 18 heavy (non-hydrogen) atoms. The Labute approximate surface area is 105 Å². The molecule has 90 valence electrons. The first kappa shape index (κ1) is 11.9. The molecular weight excluding hydrogens is 228 g/mol. The minimum absolute atomic E-state index is 0.376. The number of aromatic nitrogens is 1. The van der Waals surface area contributed by atoms with E-state index in [0.717, 1.165) is 0 Å². The van der Waals surface area contributed by atoms with Gasteiger partial charge in [0.15, 0.2) is 11.5 Å². The van der Waals surface area contributed by atoms with Crippen LogP contribution in [-0.2, 0) is 0 Å². The SMILES string of the molecule is CCOc1ccccc1Oc1cc(C#N)ccn1. The maximum Gasteiger partial charge on any atom is 0.220 e. The number of rotatable bonds is 4. The van der Waals surface area contributed by atoms with Gasteiger partial charge in [0.1, 0.15) is 0 Å². The normalized spacial score (nSPS) is 9.56. The molecule has 0 unspecified atom stereocenters. The van der Waals surface area contributed by atoms with Crippen molar-refractivity contribution in [3.63, 3.8) is 0 Å². The molecule has 1 heterocycles. The van der Waals surface area contributed by atoms with Crippen molar-refractivity contribution in [3.8, 4) is 23.4 Å². The molecule has 0 fully saturated rings. The minimum Gasteiger partial charge on any atom is -0.490 e. The van der Waals surface area contributed by atoms with Crippen LogP contribution in [0, 0.1) is 11.3 Å². The third kappa shape index (κ3) is 2.77. The molecule has 0 spiro atoms.